The summed E-state index contributed by atoms with van der Waals surface area (Å²) < 4.78 is 1.07. The van der Waals surface area contributed by atoms with Crippen LogP contribution in [0, 0.1) is 0 Å². The Morgan fingerprint density at radius 2 is 1.71 bits per heavy atom. The number of hydrogen-bond acceptors (Lipinski definition) is 2. The summed E-state index contributed by atoms with van der Waals surface area (Å²) in [6.45, 7) is 0. The first kappa shape index (κ1) is 12.7. The van der Waals surface area contributed by atoms with Crippen molar-refractivity contribution in [3.05, 3.63) is 22.7 Å². The van der Waals surface area contributed by atoms with E-state index < -0.39 is 0 Å². The van der Waals surface area contributed by atoms with Gasteiger partial charge in [0, 0.05) is 21.9 Å². The number of anilines is 2. The molecule has 1 saturated carbocycles. The van der Waals surface area contributed by atoms with Gasteiger partial charge in [0.2, 0.25) is 0 Å². The molecule has 0 amide bonds. The molecule has 1 aromatic carbocycles. The Hall–Kier alpha value is -0.700. The maximum atomic E-state index is 5.75. The molecule has 94 valence electrons. The van der Waals surface area contributed by atoms with Crippen LogP contribution in [0.3, 0.4) is 0 Å². The van der Waals surface area contributed by atoms with Crippen LogP contribution < -0.4 is 11.1 Å². The van der Waals surface area contributed by atoms with Gasteiger partial charge in [-0.25, -0.2) is 0 Å². The van der Waals surface area contributed by atoms with Crippen LogP contribution in [0.5, 0.6) is 0 Å². The molecule has 1 aromatic rings. The van der Waals surface area contributed by atoms with E-state index in [4.69, 9.17) is 5.73 Å². The first-order valence-electron chi connectivity index (χ1n) is 6.57. The molecule has 0 spiro atoms. The Labute approximate surface area is 112 Å². The van der Waals surface area contributed by atoms with Crippen LogP contribution in [0.15, 0.2) is 22.7 Å². The summed E-state index contributed by atoms with van der Waals surface area (Å²) in [5.74, 6) is 0. The topological polar surface area (TPSA) is 38.0 Å². The Bertz CT molecular complexity index is 357. The van der Waals surface area contributed by atoms with Crippen molar-refractivity contribution in [2.24, 2.45) is 0 Å². The molecule has 1 aliphatic carbocycles. The zero-order valence-corrected chi connectivity index (χ0v) is 11.8. The fourth-order valence-electron chi connectivity index (χ4n) is 2.47. The highest BCUT2D eigenvalue weighted by atomic mass is 79.9. The predicted octanol–water partition coefficient (Wildman–Crippen LogP) is 4.56. The van der Waals surface area contributed by atoms with E-state index in [0.717, 1.165) is 10.2 Å². The van der Waals surface area contributed by atoms with E-state index in [1.807, 2.05) is 12.1 Å². The van der Waals surface area contributed by atoms with E-state index >= 15 is 0 Å². The summed E-state index contributed by atoms with van der Waals surface area (Å²) in [5.41, 5.74) is 7.73. The van der Waals surface area contributed by atoms with Crippen molar-refractivity contribution in [1.82, 2.24) is 0 Å². The van der Waals surface area contributed by atoms with Crippen molar-refractivity contribution in [2.75, 3.05) is 11.1 Å². The second kappa shape index (κ2) is 6.29. The van der Waals surface area contributed by atoms with Gasteiger partial charge in [-0.05, 0) is 47.0 Å². The standard InChI is InChI=1S/C14H21BrN2/c15-13-10-11(16)8-9-14(13)17-12-6-4-2-1-3-5-7-12/h8-10,12,17H,1-7,16H2. The molecule has 0 saturated heterocycles. The molecule has 0 radical (unpaired) electrons. The Morgan fingerprint density at radius 1 is 1.06 bits per heavy atom. The monoisotopic (exact) mass is 296 g/mol. The lowest BCUT2D eigenvalue weighted by molar-refractivity contribution is 0.471. The first-order chi connectivity index (χ1) is 8.25. The molecule has 0 heterocycles. The lowest BCUT2D eigenvalue weighted by Gasteiger charge is -2.22. The van der Waals surface area contributed by atoms with Crippen LogP contribution in [-0.2, 0) is 0 Å². The zero-order chi connectivity index (χ0) is 12.1. The van der Waals surface area contributed by atoms with Crippen molar-refractivity contribution in [2.45, 2.75) is 51.0 Å². The van der Waals surface area contributed by atoms with Crippen molar-refractivity contribution >= 4 is 27.3 Å². The lowest BCUT2D eigenvalue weighted by Crippen LogP contribution is -2.20. The molecular weight excluding hydrogens is 276 g/mol. The number of nitrogens with two attached hydrogens (primary N) is 1. The largest absolute Gasteiger partial charge is 0.399 e. The predicted molar refractivity (Wildman–Crippen MR) is 78.3 cm³/mol. The van der Waals surface area contributed by atoms with Crippen molar-refractivity contribution in [3.63, 3.8) is 0 Å². The van der Waals surface area contributed by atoms with Gasteiger partial charge in [-0.2, -0.15) is 0 Å². The van der Waals surface area contributed by atoms with Crippen molar-refractivity contribution in [3.8, 4) is 0 Å². The van der Waals surface area contributed by atoms with Crippen LogP contribution in [-0.4, -0.2) is 6.04 Å². The molecule has 0 aromatic heterocycles. The van der Waals surface area contributed by atoms with E-state index in [-0.39, 0.29) is 0 Å². The minimum atomic E-state index is 0.621. The van der Waals surface area contributed by atoms with Gasteiger partial charge in [0.15, 0.2) is 0 Å². The van der Waals surface area contributed by atoms with E-state index in [9.17, 15) is 0 Å². The zero-order valence-electron chi connectivity index (χ0n) is 10.2. The summed E-state index contributed by atoms with van der Waals surface area (Å²) in [5, 5.41) is 3.64. The minimum absolute atomic E-state index is 0.621. The summed E-state index contributed by atoms with van der Waals surface area (Å²) in [6, 6.07) is 6.61. The maximum Gasteiger partial charge on any atom is 0.0488 e. The summed E-state index contributed by atoms with van der Waals surface area (Å²) >= 11 is 3.57. The molecule has 3 N–H and O–H groups in total. The van der Waals surface area contributed by atoms with E-state index in [2.05, 4.69) is 27.3 Å². The van der Waals surface area contributed by atoms with Gasteiger partial charge in [0.05, 0.1) is 0 Å². The summed E-state index contributed by atoms with van der Waals surface area (Å²) in [4.78, 5) is 0. The molecule has 3 heteroatoms. The van der Waals surface area contributed by atoms with Crippen LogP contribution in [0.2, 0.25) is 0 Å². The van der Waals surface area contributed by atoms with E-state index in [0.29, 0.717) is 6.04 Å². The Morgan fingerprint density at radius 3 is 2.35 bits per heavy atom. The average molecular weight is 297 g/mol. The number of halogens is 1. The van der Waals surface area contributed by atoms with Gasteiger partial charge in [-0.15, -0.1) is 0 Å². The molecular formula is C14H21BrN2. The molecule has 0 unspecified atom stereocenters. The van der Waals surface area contributed by atoms with Crippen LogP contribution in [0.25, 0.3) is 0 Å². The second-order valence-electron chi connectivity index (χ2n) is 4.93. The highest BCUT2D eigenvalue weighted by Gasteiger charge is 2.12. The molecule has 2 nitrogen and oxygen atoms in total. The highest BCUT2D eigenvalue weighted by Crippen LogP contribution is 2.27. The van der Waals surface area contributed by atoms with Crippen LogP contribution in [0.1, 0.15) is 44.9 Å². The number of benzene rings is 1. The fraction of sp³-hybridized carbons (Fsp3) is 0.571. The maximum absolute atomic E-state index is 5.75. The van der Waals surface area contributed by atoms with Crippen LogP contribution in [0.4, 0.5) is 11.4 Å². The second-order valence-corrected chi connectivity index (χ2v) is 5.78. The summed E-state index contributed by atoms with van der Waals surface area (Å²) in [6.07, 6.45) is 9.47. The average Bonchev–Trinajstić information content (AvgIpc) is 2.25. The van der Waals surface area contributed by atoms with Gasteiger partial charge in [-0.3, -0.25) is 0 Å². The molecule has 0 atom stereocenters. The van der Waals surface area contributed by atoms with E-state index in [1.54, 1.807) is 0 Å². The molecule has 0 aliphatic heterocycles. The highest BCUT2D eigenvalue weighted by molar-refractivity contribution is 9.10. The smallest absolute Gasteiger partial charge is 0.0488 e. The molecule has 1 fully saturated rings. The lowest BCUT2D eigenvalue weighted by atomic mass is 9.96. The molecule has 1 aliphatic rings. The normalized spacial score (nSPS) is 18.4. The van der Waals surface area contributed by atoms with E-state index in [1.165, 1.54) is 50.6 Å². The number of rotatable bonds is 2. The number of nitrogen functional groups attached to an aromatic ring is 1. The van der Waals surface area contributed by atoms with Crippen molar-refractivity contribution < 1.29 is 0 Å². The van der Waals surface area contributed by atoms with Gasteiger partial charge in [0.25, 0.3) is 0 Å². The minimum Gasteiger partial charge on any atom is -0.399 e. The number of hydrogen-bond donors (Lipinski definition) is 2. The molecule has 17 heavy (non-hydrogen) atoms. The van der Waals surface area contributed by atoms with Crippen molar-refractivity contribution in [1.29, 1.82) is 0 Å². The Kier molecular flexibility index (Phi) is 4.72. The first-order valence-corrected chi connectivity index (χ1v) is 7.36. The van der Waals surface area contributed by atoms with Gasteiger partial charge >= 0.3 is 0 Å². The third-order valence-electron chi connectivity index (χ3n) is 3.46. The Balaban J connectivity index is 1.98. The quantitative estimate of drug-likeness (QED) is 0.786. The molecule has 0 bridgehead atoms. The van der Waals surface area contributed by atoms with Gasteiger partial charge < -0.3 is 11.1 Å². The van der Waals surface area contributed by atoms with Gasteiger partial charge in [0.1, 0.15) is 0 Å². The number of nitrogens with one attached hydrogen (secondary N) is 1. The fourth-order valence-corrected chi connectivity index (χ4v) is 2.98. The SMILES string of the molecule is Nc1ccc(NC2CCCCCCC2)c(Br)c1. The third kappa shape index (κ3) is 3.91. The van der Waals surface area contributed by atoms with Gasteiger partial charge in [-0.1, -0.05) is 32.1 Å². The molecule has 2 rings (SSSR count). The van der Waals surface area contributed by atoms with Crippen LogP contribution >= 0.6 is 15.9 Å². The summed E-state index contributed by atoms with van der Waals surface area (Å²) in [7, 11) is 0. The third-order valence-corrected chi connectivity index (χ3v) is 4.11.